The van der Waals surface area contributed by atoms with Gasteiger partial charge in [0.1, 0.15) is 35.2 Å². The lowest BCUT2D eigenvalue weighted by Crippen LogP contribution is -2.71. The summed E-state index contributed by atoms with van der Waals surface area (Å²) in [5, 5.41) is 15.4. The van der Waals surface area contributed by atoms with Gasteiger partial charge in [0, 0.05) is 21.2 Å². The molecule has 2 aromatic rings. The summed E-state index contributed by atoms with van der Waals surface area (Å²) in [5.41, 5.74) is 4.39. The summed E-state index contributed by atoms with van der Waals surface area (Å²) in [5.74, 6) is -5.43. The number of ether oxygens (including phenoxy) is 1. The number of anilines is 1. The summed E-state index contributed by atoms with van der Waals surface area (Å²) in [7, 11) is 0. The third-order valence-corrected chi connectivity index (χ3v) is 7.74. The number of carbonyl (C=O) groups is 4. The van der Waals surface area contributed by atoms with Gasteiger partial charge in [-0.1, -0.05) is 21.1 Å². The van der Waals surface area contributed by atoms with Gasteiger partial charge in [0.15, 0.2) is 10.8 Å². The first-order chi connectivity index (χ1) is 18.4. The van der Waals surface area contributed by atoms with Crippen LogP contribution in [0.2, 0.25) is 0 Å². The molecule has 18 heteroatoms. The summed E-state index contributed by atoms with van der Waals surface area (Å²) < 4.78 is 44.0. The van der Waals surface area contributed by atoms with Crippen molar-refractivity contribution in [2.24, 2.45) is 5.16 Å². The fourth-order valence-corrected chi connectivity index (χ4v) is 5.58. The molecule has 1 aromatic heterocycles. The van der Waals surface area contributed by atoms with Crippen LogP contribution in [-0.4, -0.2) is 74.4 Å². The number of benzene rings is 1. The molecule has 2 amide bonds. The van der Waals surface area contributed by atoms with Crippen LogP contribution < -0.4 is 15.8 Å². The first-order valence-electron chi connectivity index (χ1n) is 10.5. The topological polar surface area (TPSA) is 174 Å². The van der Waals surface area contributed by atoms with Crippen molar-refractivity contribution in [1.82, 2.24) is 15.2 Å². The van der Waals surface area contributed by atoms with Crippen LogP contribution in [0.1, 0.15) is 5.69 Å². The summed E-state index contributed by atoms with van der Waals surface area (Å²) in [6.07, 6.45) is -5.38. The number of nitrogens with two attached hydrogens (primary N) is 1. The van der Waals surface area contributed by atoms with Gasteiger partial charge >= 0.3 is 18.1 Å². The number of carboxylic acids is 1. The molecule has 0 bridgehead atoms. The molecule has 1 saturated heterocycles. The maximum Gasteiger partial charge on any atom is 0.493 e. The van der Waals surface area contributed by atoms with Gasteiger partial charge in [-0.2, -0.15) is 13.2 Å². The highest BCUT2D eigenvalue weighted by atomic mass is 79.9. The van der Waals surface area contributed by atoms with Crippen LogP contribution in [-0.2, 0) is 24.0 Å². The molecule has 0 aliphatic carbocycles. The second-order valence-electron chi connectivity index (χ2n) is 7.75. The van der Waals surface area contributed by atoms with E-state index < -0.39 is 47.1 Å². The maximum absolute atomic E-state index is 12.9. The molecular weight excluding hydrogens is 635 g/mol. The number of rotatable bonds is 8. The molecular formula is C21H15BrF3N5O7S2. The number of nitrogens with one attached hydrogen (secondary N) is 1. The predicted molar refractivity (Wildman–Crippen MR) is 135 cm³/mol. The van der Waals surface area contributed by atoms with Gasteiger partial charge < -0.3 is 25.7 Å². The Morgan fingerprint density at radius 3 is 2.56 bits per heavy atom. The van der Waals surface area contributed by atoms with Gasteiger partial charge in [0.25, 0.3) is 11.8 Å². The van der Waals surface area contributed by atoms with Crippen LogP contribution in [0.15, 0.2) is 50.5 Å². The number of amides is 2. The smallest absolute Gasteiger partial charge is 0.489 e. The number of β-lactam (4-membered cyclic amide) rings is 1. The van der Waals surface area contributed by atoms with Crippen LogP contribution in [0.3, 0.4) is 0 Å². The molecule has 4 rings (SSSR count). The fraction of sp³-hybridized carbons (Fsp3) is 0.238. The molecule has 1 aromatic carbocycles. The van der Waals surface area contributed by atoms with Crippen molar-refractivity contribution in [3.05, 3.63) is 51.1 Å². The zero-order valence-electron chi connectivity index (χ0n) is 19.1. The zero-order chi connectivity index (χ0) is 28.5. The van der Waals surface area contributed by atoms with Crippen molar-refractivity contribution in [2.75, 3.05) is 18.1 Å². The van der Waals surface area contributed by atoms with E-state index in [2.05, 4.69) is 36.2 Å². The summed E-state index contributed by atoms with van der Waals surface area (Å²) in [6.45, 7) is -0.115. The van der Waals surface area contributed by atoms with E-state index in [1.54, 1.807) is 24.3 Å². The van der Waals surface area contributed by atoms with Crippen LogP contribution in [0.4, 0.5) is 18.3 Å². The second-order valence-corrected chi connectivity index (χ2v) is 10.7. The number of fused-ring (bicyclic) bond motifs is 1. The predicted octanol–water partition coefficient (Wildman–Crippen LogP) is 2.12. The number of aliphatic carboxylic acids is 1. The Morgan fingerprint density at radius 2 is 1.97 bits per heavy atom. The maximum atomic E-state index is 12.9. The number of nitrogen functional groups attached to an aromatic ring is 1. The Kier molecular flexibility index (Phi) is 8.17. The van der Waals surface area contributed by atoms with Crippen molar-refractivity contribution in [1.29, 1.82) is 0 Å². The number of oxime groups is 1. The molecule has 3 heterocycles. The van der Waals surface area contributed by atoms with E-state index >= 15 is 0 Å². The SMILES string of the molecule is Nc1nc(C(=NOC(=O)C(F)(F)F)C(=O)NC2C(=O)N3C(C(=O)O)=C(COc4ccc(Br)cc4)CS[C@@H]23)cs1. The first-order valence-corrected chi connectivity index (χ1v) is 13.3. The number of thioether (sulfide) groups is 1. The van der Waals surface area contributed by atoms with Crippen molar-refractivity contribution < 1.29 is 47.0 Å². The standard InChI is InChI=1S/C21H15BrF3N5O7S2/c22-9-1-3-10(4-2-9)36-5-8-6-38-17-13(16(32)30(17)14(8)18(33)34)28-15(31)12(11-7-39-20(26)27-11)29-37-19(35)21(23,24)25/h1-4,7,13,17H,5-6H2,(H2,26,27)(H,28,31)(H,33,34)/t13?,17-/m0/s1. The highest BCUT2D eigenvalue weighted by molar-refractivity contribution is 9.10. The third-order valence-electron chi connectivity index (χ3n) is 5.19. The van der Waals surface area contributed by atoms with Crippen molar-refractivity contribution >= 4 is 73.6 Å². The minimum atomic E-state index is -5.38. The minimum Gasteiger partial charge on any atom is -0.489 e. The van der Waals surface area contributed by atoms with Crippen molar-refractivity contribution in [2.45, 2.75) is 17.6 Å². The number of thiazole rings is 1. The Labute approximate surface area is 233 Å². The summed E-state index contributed by atoms with van der Waals surface area (Å²) in [6, 6.07) is 5.56. The molecule has 4 N–H and O–H groups in total. The highest BCUT2D eigenvalue weighted by Crippen LogP contribution is 2.40. The molecule has 2 aliphatic heterocycles. The van der Waals surface area contributed by atoms with E-state index in [0.29, 0.717) is 11.3 Å². The van der Waals surface area contributed by atoms with Gasteiger partial charge in [-0.3, -0.25) is 14.5 Å². The van der Waals surface area contributed by atoms with Gasteiger partial charge in [-0.25, -0.2) is 14.6 Å². The molecule has 0 saturated carbocycles. The van der Waals surface area contributed by atoms with E-state index in [9.17, 15) is 37.5 Å². The number of aromatic nitrogens is 1. The number of carbonyl (C=O) groups excluding carboxylic acids is 3. The second kappa shape index (κ2) is 11.2. The normalized spacial score (nSPS) is 19.2. The van der Waals surface area contributed by atoms with Crippen LogP contribution in [0, 0.1) is 0 Å². The minimum absolute atomic E-state index is 0.0597. The summed E-state index contributed by atoms with van der Waals surface area (Å²) in [4.78, 5) is 57.5. The van der Waals surface area contributed by atoms with Gasteiger partial charge in [0.2, 0.25) is 0 Å². The molecule has 12 nitrogen and oxygen atoms in total. The van der Waals surface area contributed by atoms with Gasteiger partial charge in [-0.15, -0.1) is 23.1 Å². The Bertz CT molecular complexity index is 1400. The molecule has 1 fully saturated rings. The van der Waals surface area contributed by atoms with E-state index in [1.807, 2.05) is 0 Å². The molecule has 0 spiro atoms. The quantitative estimate of drug-likeness (QED) is 0.166. The van der Waals surface area contributed by atoms with Gasteiger partial charge in [-0.05, 0) is 24.3 Å². The molecule has 0 radical (unpaired) electrons. The zero-order valence-corrected chi connectivity index (χ0v) is 22.3. The van der Waals surface area contributed by atoms with E-state index in [0.717, 1.165) is 32.5 Å². The number of nitrogens with zero attached hydrogens (tertiary/aromatic N) is 3. The van der Waals surface area contributed by atoms with E-state index in [4.69, 9.17) is 10.5 Å². The molecule has 1 unspecified atom stereocenters. The Morgan fingerprint density at radius 1 is 1.28 bits per heavy atom. The molecule has 2 aliphatic rings. The fourth-order valence-electron chi connectivity index (χ4n) is 3.44. The van der Waals surface area contributed by atoms with Gasteiger partial charge in [0.05, 0.1) is 0 Å². The number of hydrogen-bond acceptors (Lipinski definition) is 11. The third kappa shape index (κ3) is 6.17. The molecule has 39 heavy (non-hydrogen) atoms. The first kappa shape index (κ1) is 28.4. The van der Waals surface area contributed by atoms with E-state index in [-0.39, 0.29) is 28.9 Å². The number of hydrogen-bond donors (Lipinski definition) is 3. The molecule has 2 atom stereocenters. The number of halogens is 4. The van der Waals surface area contributed by atoms with Crippen molar-refractivity contribution in [3.8, 4) is 5.75 Å². The van der Waals surface area contributed by atoms with Crippen LogP contribution in [0.25, 0.3) is 0 Å². The average Bonchev–Trinajstić information content (AvgIpc) is 3.31. The molecule has 206 valence electrons. The van der Waals surface area contributed by atoms with Crippen LogP contribution in [0.5, 0.6) is 5.75 Å². The number of alkyl halides is 3. The largest absolute Gasteiger partial charge is 0.493 e. The van der Waals surface area contributed by atoms with Crippen molar-refractivity contribution in [3.63, 3.8) is 0 Å². The lowest BCUT2D eigenvalue weighted by atomic mass is 10.0. The Hall–Kier alpha value is -3.64. The lowest BCUT2D eigenvalue weighted by molar-refractivity contribution is -0.199. The van der Waals surface area contributed by atoms with Crippen LogP contribution >= 0.6 is 39.0 Å². The number of carboxylic acid groups (broad SMARTS) is 1. The van der Waals surface area contributed by atoms with E-state index in [1.165, 1.54) is 5.38 Å². The highest BCUT2D eigenvalue weighted by Gasteiger charge is 2.54. The lowest BCUT2D eigenvalue weighted by Gasteiger charge is -2.49. The Balaban J connectivity index is 1.50. The average molecular weight is 650 g/mol. The summed E-state index contributed by atoms with van der Waals surface area (Å²) >= 11 is 5.27. The monoisotopic (exact) mass is 649 g/mol.